The lowest BCUT2D eigenvalue weighted by Gasteiger charge is -2.01. The second kappa shape index (κ2) is 3.20. The van der Waals surface area contributed by atoms with Gasteiger partial charge in [0.1, 0.15) is 0 Å². The van der Waals surface area contributed by atoms with E-state index in [-0.39, 0.29) is 0 Å². The molecule has 1 aliphatic rings. The summed E-state index contributed by atoms with van der Waals surface area (Å²) in [5.74, 6) is 0.322. The number of benzene rings is 1. The standard InChI is InChI=1S/C14H12/c1-4-11-10(3)12(5-2)14-9-7-6-8-13(11)14/h6-10H,1-2H2,3H3. The van der Waals surface area contributed by atoms with Gasteiger partial charge in [-0.05, 0) is 11.1 Å². The quantitative estimate of drug-likeness (QED) is 0.534. The second-order valence-corrected chi connectivity index (χ2v) is 3.45. The van der Waals surface area contributed by atoms with Gasteiger partial charge in [-0.25, -0.2) is 0 Å². The summed E-state index contributed by atoms with van der Waals surface area (Å²) in [6.07, 6.45) is 0. The normalized spacial score (nSPS) is 18.8. The first-order valence-electron chi connectivity index (χ1n) is 4.69. The molecule has 0 spiro atoms. The summed E-state index contributed by atoms with van der Waals surface area (Å²) in [7, 11) is 0. The summed E-state index contributed by atoms with van der Waals surface area (Å²) in [5.41, 5.74) is 10.8. The molecule has 1 aromatic carbocycles. The number of allylic oxidation sites excluding steroid dienone is 2. The zero-order valence-corrected chi connectivity index (χ0v) is 8.30. The van der Waals surface area contributed by atoms with E-state index < -0.39 is 0 Å². The molecule has 0 saturated carbocycles. The molecule has 0 amide bonds. The lowest BCUT2D eigenvalue weighted by Crippen LogP contribution is -1.87. The third-order valence-electron chi connectivity index (χ3n) is 2.75. The summed E-state index contributed by atoms with van der Waals surface area (Å²) in [6.45, 7) is 9.61. The third-order valence-corrected chi connectivity index (χ3v) is 2.75. The summed E-state index contributed by atoms with van der Waals surface area (Å²) in [5, 5.41) is 0. The molecule has 0 radical (unpaired) electrons. The minimum Gasteiger partial charge on any atom is -0.124 e. The Morgan fingerprint density at radius 2 is 1.43 bits per heavy atom. The zero-order valence-electron chi connectivity index (χ0n) is 8.30. The van der Waals surface area contributed by atoms with E-state index in [4.69, 9.17) is 0 Å². The minimum absolute atomic E-state index is 0.322. The van der Waals surface area contributed by atoms with Crippen LogP contribution < -0.4 is 0 Å². The maximum Gasteiger partial charge on any atom is 0.0220 e. The van der Waals surface area contributed by atoms with Crippen LogP contribution in [0.4, 0.5) is 0 Å². The van der Waals surface area contributed by atoms with Crippen LogP contribution in [0.1, 0.15) is 18.1 Å². The zero-order chi connectivity index (χ0) is 10.1. The average Bonchev–Trinajstić information content (AvgIpc) is 2.49. The van der Waals surface area contributed by atoms with Gasteiger partial charge in [-0.3, -0.25) is 0 Å². The number of rotatable bonds is 0. The molecule has 1 aliphatic carbocycles. The van der Waals surface area contributed by atoms with Gasteiger partial charge in [0.2, 0.25) is 0 Å². The van der Waals surface area contributed by atoms with Crippen LogP contribution in [0, 0.1) is 5.92 Å². The molecular formula is C14H12. The van der Waals surface area contributed by atoms with Crippen LogP contribution in [-0.2, 0) is 0 Å². The van der Waals surface area contributed by atoms with Gasteiger partial charge in [0.15, 0.2) is 0 Å². The summed E-state index contributed by atoms with van der Waals surface area (Å²) >= 11 is 0. The lowest BCUT2D eigenvalue weighted by molar-refractivity contribution is 1.02. The van der Waals surface area contributed by atoms with Crippen LogP contribution in [0.2, 0.25) is 0 Å². The van der Waals surface area contributed by atoms with Crippen molar-refractivity contribution < 1.29 is 0 Å². The Morgan fingerprint density at radius 1 is 1.00 bits per heavy atom. The number of hydrogen-bond donors (Lipinski definition) is 0. The molecule has 0 heteroatoms. The largest absolute Gasteiger partial charge is 0.124 e. The second-order valence-electron chi connectivity index (χ2n) is 3.45. The van der Waals surface area contributed by atoms with Crippen LogP contribution >= 0.6 is 0 Å². The van der Waals surface area contributed by atoms with E-state index >= 15 is 0 Å². The fourth-order valence-electron chi connectivity index (χ4n) is 2.06. The first kappa shape index (κ1) is 8.84. The van der Waals surface area contributed by atoms with E-state index in [0.717, 1.165) is 11.1 Å². The van der Waals surface area contributed by atoms with Crippen molar-refractivity contribution >= 4 is 11.1 Å². The van der Waals surface area contributed by atoms with Gasteiger partial charge in [-0.1, -0.05) is 44.3 Å². The van der Waals surface area contributed by atoms with Crippen molar-refractivity contribution in [2.45, 2.75) is 6.92 Å². The summed E-state index contributed by atoms with van der Waals surface area (Å²) in [4.78, 5) is 0. The highest BCUT2D eigenvalue weighted by Crippen LogP contribution is 2.43. The highest BCUT2D eigenvalue weighted by Gasteiger charge is 2.27. The van der Waals surface area contributed by atoms with E-state index in [9.17, 15) is 0 Å². The van der Waals surface area contributed by atoms with Gasteiger partial charge in [0, 0.05) is 17.1 Å². The molecule has 0 nitrogen and oxygen atoms in total. The molecule has 0 N–H and O–H groups in total. The maximum atomic E-state index is 3.74. The van der Waals surface area contributed by atoms with Gasteiger partial charge >= 0.3 is 0 Å². The Morgan fingerprint density at radius 3 is 1.79 bits per heavy atom. The van der Waals surface area contributed by atoms with Crippen LogP contribution in [0.3, 0.4) is 0 Å². The monoisotopic (exact) mass is 180 g/mol. The molecule has 14 heavy (non-hydrogen) atoms. The summed E-state index contributed by atoms with van der Waals surface area (Å²) in [6, 6.07) is 8.28. The van der Waals surface area contributed by atoms with Crippen molar-refractivity contribution in [3.05, 3.63) is 60.0 Å². The minimum atomic E-state index is 0.322. The maximum absolute atomic E-state index is 3.74. The van der Waals surface area contributed by atoms with Crippen LogP contribution in [0.25, 0.3) is 11.1 Å². The van der Waals surface area contributed by atoms with Crippen LogP contribution in [0.5, 0.6) is 0 Å². The Balaban J connectivity index is 2.81. The highest BCUT2D eigenvalue weighted by atomic mass is 14.3. The predicted octanol–water partition coefficient (Wildman–Crippen LogP) is 3.67. The van der Waals surface area contributed by atoms with E-state index in [1.165, 1.54) is 11.1 Å². The van der Waals surface area contributed by atoms with Crippen LogP contribution in [0.15, 0.2) is 48.9 Å². The molecule has 0 heterocycles. The topological polar surface area (TPSA) is 0 Å². The van der Waals surface area contributed by atoms with Gasteiger partial charge in [-0.2, -0.15) is 0 Å². The summed E-state index contributed by atoms with van der Waals surface area (Å²) < 4.78 is 0. The molecule has 0 atom stereocenters. The molecule has 68 valence electrons. The molecule has 0 saturated heterocycles. The predicted molar refractivity (Wildman–Crippen MR) is 60.7 cm³/mol. The van der Waals surface area contributed by atoms with Gasteiger partial charge < -0.3 is 0 Å². The van der Waals surface area contributed by atoms with Crippen molar-refractivity contribution in [3.63, 3.8) is 0 Å². The Hall–Kier alpha value is -1.74. The highest BCUT2D eigenvalue weighted by molar-refractivity contribution is 5.93. The fraction of sp³-hybridized carbons (Fsp3) is 0.143. The van der Waals surface area contributed by atoms with Crippen molar-refractivity contribution in [1.82, 2.24) is 0 Å². The Kier molecular flexibility index (Phi) is 2.02. The van der Waals surface area contributed by atoms with Crippen molar-refractivity contribution in [3.8, 4) is 0 Å². The molecule has 2 rings (SSSR count). The van der Waals surface area contributed by atoms with E-state index in [1.54, 1.807) is 0 Å². The molecule has 0 bridgehead atoms. The average molecular weight is 180 g/mol. The first-order chi connectivity index (χ1) is 6.79. The van der Waals surface area contributed by atoms with E-state index in [2.05, 4.69) is 43.7 Å². The molecule has 0 unspecified atom stereocenters. The Labute approximate surface area is 84.6 Å². The number of fused-ring (bicyclic) bond motifs is 1. The number of hydrogen-bond acceptors (Lipinski definition) is 0. The van der Waals surface area contributed by atoms with Crippen molar-refractivity contribution in [1.29, 1.82) is 0 Å². The van der Waals surface area contributed by atoms with Crippen molar-refractivity contribution in [2.24, 2.45) is 5.92 Å². The van der Waals surface area contributed by atoms with Gasteiger partial charge in [-0.15, -0.1) is 11.5 Å². The van der Waals surface area contributed by atoms with Crippen LogP contribution in [-0.4, -0.2) is 0 Å². The lowest BCUT2D eigenvalue weighted by atomic mass is 10.0. The van der Waals surface area contributed by atoms with Gasteiger partial charge in [0.25, 0.3) is 0 Å². The fourth-order valence-corrected chi connectivity index (χ4v) is 2.06. The first-order valence-corrected chi connectivity index (χ1v) is 4.69. The smallest absolute Gasteiger partial charge is 0.0220 e. The molecule has 1 aromatic rings. The molecule has 0 fully saturated rings. The van der Waals surface area contributed by atoms with E-state index in [0.29, 0.717) is 5.92 Å². The molecule has 0 aromatic heterocycles. The SMILES string of the molecule is C=C=C1c2ccccc2C(=C=C)C1C. The van der Waals surface area contributed by atoms with Crippen molar-refractivity contribution in [2.75, 3.05) is 0 Å². The third kappa shape index (κ3) is 1.03. The van der Waals surface area contributed by atoms with E-state index in [1.807, 2.05) is 12.1 Å². The Bertz CT molecular complexity index is 434. The molecule has 0 aliphatic heterocycles. The van der Waals surface area contributed by atoms with Gasteiger partial charge in [0.05, 0.1) is 0 Å². The molecular weight excluding hydrogens is 168 g/mol.